The number of hydrogen-bond donors (Lipinski definition) is 4. The molecule has 45 heavy (non-hydrogen) atoms. The molecule has 1 amide bonds. The number of phenols is 1. The number of aliphatic hydroxyl groups excluding tert-OH is 1. The molecule has 2 unspecified atom stereocenters. The molecule has 11 nitrogen and oxygen atoms in total. The van der Waals surface area contributed by atoms with Crippen LogP contribution in [-0.2, 0) is 34.7 Å². The Morgan fingerprint density at radius 2 is 1.64 bits per heavy atom. The van der Waals surface area contributed by atoms with Crippen LogP contribution < -0.4 is 10.6 Å². The van der Waals surface area contributed by atoms with Crippen LogP contribution in [0.1, 0.15) is 44.4 Å². The molecule has 1 aromatic heterocycles. The zero-order valence-corrected chi connectivity index (χ0v) is 26.1. The van der Waals surface area contributed by atoms with Crippen LogP contribution in [0.2, 0.25) is 0 Å². The maximum absolute atomic E-state index is 14.2. The van der Waals surface area contributed by atoms with Gasteiger partial charge in [0.05, 0.1) is 73.9 Å². The van der Waals surface area contributed by atoms with Crippen LogP contribution in [0.25, 0.3) is 11.3 Å². The topological polar surface area (TPSA) is 141 Å². The van der Waals surface area contributed by atoms with Gasteiger partial charge in [0, 0.05) is 17.7 Å². The van der Waals surface area contributed by atoms with E-state index in [1.54, 1.807) is 0 Å². The highest BCUT2D eigenvalue weighted by molar-refractivity contribution is 8.03. The van der Waals surface area contributed by atoms with Crippen LogP contribution in [0, 0.1) is 0 Å². The number of halogens is 3. The molecule has 2 aromatic rings. The second kappa shape index (κ2) is 15.6. The minimum absolute atomic E-state index is 0.0161. The number of thioether (sulfide) groups is 1. The van der Waals surface area contributed by atoms with Crippen molar-refractivity contribution < 1.29 is 51.9 Å². The molecule has 2 aliphatic heterocycles. The van der Waals surface area contributed by atoms with Crippen molar-refractivity contribution in [2.45, 2.75) is 56.5 Å². The number of phenolic OH excluding ortho intramolecular Hbond substituents is 1. The summed E-state index contributed by atoms with van der Waals surface area (Å²) in [5.41, 5.74) is -0.953. The third-order valence-corrected chi connectivity index (χ3v) is 7.62. The summed E-state index contributed by atoms with van der Waals surface area (Å²) in [4.78, 5) is 17.4. The van der Waals surface area contributed by atoms with E-state index in [-0.39, 0.29) is 54.0 Å². The molecule has 2 aliphatic rings. The number of carbonyl (C=O) groups is 1. The SMILES string of the molecule is CC(C)(C)OC(O)NCCOCCOCCOCCOC1=C2Sc3nc(-c4ccc(O)cc4)cc(C(F)(F)F)c3C2NC(=O)C1. The van der Waals surface area contributed by atoms with E-state index in [9.17, 15) is 28.2 Å². The Balaban J connectivity index is 1.22. The summed E-state index contributed by atoms with van der Waals surface area (Å²) in [7, 11) is 0. The second-order valence-corrected chi connectivity index (χ2v) is 12.1. The van der Waals surface area contributed by atoms with Crippen molar-refractivity contribution in [3.8, 4) is 17.0 Å². The maximum atomic E-state index is 14.2. The number of amides is 1. The van der Waals surface area contributed by atoms with E-state index in [4.69, 9.17) is 23.7 Å². The third kappa shape index (κ3) is 10.3. The van der Waals surface area contributed by atoms with E-state index in [1.165, 1.54) is 24.3 Å². The summed E-state index contributed by atoms with van der Waals surface area (Å²) in [5.74, 6) is -0.183. The molecule has 0 spiro atoms. The molecule has 0 radical (unpaired) electrons. The number of aliphatic hydroxyl groups is 1. The van der Waals surface area contributed by atoms with Gasteiger partial charge in [-0.25, -0.2) is 4.98 Å². The first-order chi connectivity index (χ1) is 21.3. The quantitative estimate of drug-likeness (QED) is 0.153. The maximum Gasteiger partial charge on any atom is 0.416 e. The second-order valence-electron chi connectivity index (χ2n) is 11.1. The minimum Gasteiger partial charge on any atom is -0.508 e. The summed E-state index contributed by atoms with van der Waals surface area (Å²) in [6.45, 7) is 7.90. The van der Waals surface area contributed by atoms with Crippen molar-refractivity contribution >= 4 is 17.7 Å². The Labute approximate surface area is 263 Å². The van der Waals surface area contributed by atoms with E-state index in [1.807, 2.05) is 20.8 Å². The van der Waals surface area contributed by atoms with E-state index < -0.39 is 35.7 Å². The van der Waals surface area contributed by atoms with Gasteiger partial charge >= 0.3 is 6.18 Å². The molecule has 0 aliphatic carbocycles. The lowest BCUT2D eigenvalue weighted by Crippen LogP contribution is -2.39. The molecule has 4 N–H and O–H groups in total. The van der Waals surface area contributed by atoms with E-state index >= 15 is 0 Å². The Kier molecular flexibility index (Phi) is 12.1. The van der Waals surface area contributed by atoms with Gasteiger partial charge in [-0.05, 0) is 51.1 Å². The molecule has 0 saturated heterocycles. The lowest BCUT2D eigenvalue weighted by atomic mass is 9.97. The number of aromatic hydroxyl groups is 1. The molecule has 0 bridgehead atoms. The summed E-state index contributed by atoms with van der Waals surface area (Å²) >= 11 is 1.04. The van der Waals surface area contributed by atoms with Gasteiger partial charge < -0.3 is 39.2 Å². The number of carbonyl (C=O) groups excluding carboxylic acids is 1. The van der Waals surface area contributed by atoms with Gasteiger partial charge in [0.2, 0.25) is 12.3 Å². The van der Waals surface area contributed by atoms with E-state index in [0.29, 0.717) is 43.4 Å². The number of alkyl halides is 3. The molecule has 15 heteroatoms. The average molecular weight is 658 g/mol. The molecule has 2 atom stereocenters. The van der Waals surface area contributed by atoms with E-state index in [2.05, 4.69) is 15.6 Å². The van der Waals surface area contributed by atoms with Crippen molar-refractivity contribution in [2.24, 2.45) is 0 Å². The summed E-state index contributed by atoms with van der Waals surface area (Å²) in [5, 5.41) is 24.8. The van der Waals surface area contributed by atoms with Crippen LogP contribution in [0.3, 0.4) is 0 Å². The standard InChI is InChI=1S/C30H38F3N3O8S/c1-29(2,3)44-28(39)34-8-9-40-10-11-41-12-13-42-14-15-43-22-17-23(38)36-25-24-20(30(31,32)33)16-21(35-27(24)45-26(22)25)18-4-6-19(37)7-5-18/h4-7,16,25,28,34,37,39H,8-15,17H2,1-3H3,(H,36,38). The molecule has 1 aromatic carbocycles. The zero-order chi connectivity index (χ0) is 32.6. The van der Waals surface area contributed by atoms with Gasteiger partial charge in [-0.3, -0.25) is 10.1 Å². The van der Waals surface area contributed by atoms with Crippen molar-refractivity contribution in [3.05, 3.63) is 52.1 Å². The fourth-order valence-electron chi connectivity index (χ4n) is 4.52. The van der Waals surface area contributed by atoms with Crippen molar-refractivity contribution in [1.29, 1.82) is 0 Å². The Bertz CT molecular complexity index is 1340. The van der Waals surface area contributed by atoms with Crippen LogP contribution in [0.15, 0.2) is 46.0 Å². The number of aromatic nitrogens is 1. The lowest BCUT2D eigenvalue weighted by molar-refractivity contribution is -0.182. The summed E-state index contributed by atoms with van der Waals surface area (Å²) in [6.07, 6.45) is -5.87. The predicted octanol–water partition coefficient (Wildman–Crippen LogP) is 4.10. The zero-order valence-electron chi connectivity index (χ0n) is 25.2. The Morgan fingerprint density at radius 3 is 2.27 bits per heavy atom. The molecule has 4 rings (SSSR count). The van der Waals surface area contributed by atoms with Crippen molar-refractivity contribution in [3.63, 3.8) is 0 Å². The van der Waals surface area contributed by atoms with Crippen LogP contribution >= 0.6 is 11.8 Å². The number of pyridine rings is 1. The fourth-order valence-corrected chi connectivity index (χ4v) is 5.75. The van der Waals surface area contributed by atoms with Crippen LogP contribution in [-0.4, -0.2) is 85.9 Å². The van der Waals surface area contributed by atoms with Crippen LogP contribution in [0.5, 0.6) is 5.75 Å². The predicted molar refractivity (Wildman–Crippen MR) is 158 cm³/mol. The van der Waals surface area contributed by atoms with Crippen molar-refractivity contribution in [2.75, 3.05) is 52.8 Å². The lowest BCUT2D eigenvalue weighted by Gasteiger charge is -2.25. The van der Waals surface area contributed by atoms with Crippen LogP contribution in [0.4, 0.5) is 13.2 Å². The molecular weight excluding hydrogens is 619 g/mol. The Morgan fingerprint density at radius 1 is 1.02 bits per heavy atom. The van der Waals surface area contributed by atoms with Gasteiger partial charge in [-0.15, -0.1) is 0 Å². The smallest absolute Gasteiger partial charge is 0.416 e. The highest BCUT2D eigenvalue weighted by atomic mass is 32.2. The minimum atomic E-state index is -4.69. The highest BCUT2D eigenvalue weighted by Gasteiger charge is 2.45. The van der Waals surface area contributed by atoms with Gasteiger partial charge in [0.25, 0.3) is 0 Å². The first-order valence-corrected chi connectivity index (χ1v) is 15.2. The molecule has 248 valence electrons. The molecular formula is C30H38F3N3O8S. The first-order valence-electron chi connectivity index (χ1n) is 14.4. The summed E-state index contributed by atoms with van der Waals surface area (Å²) < 4.78 is 70.2. The molecule has 3 heterocycles. The number of nitrogens with one attached hydrogen (secondary N) is 2. The van der Waals surface area contributed by atoms with Gasteiger partial charge in [-0.2, -0.15) is 13.2 Å². The average Bonchev–Trinajstić information content (AvgIpc) is 3.32. The monoisotopic (exact) mass is 657 g/mol. The van der Waals surface area contributed by atoms with E-state index in [0.717, 1.165) is 17.8 Å². The normalized spacial score (nSPS) is 17.2. The number of hydrogen-bond acceptors (Lipinski definition) is 11. The third-order valence-electron chi connectivity index (χ3n) is 6.43. The van der Waals surface area contributed by atoms with Gasteiger partial charge in [0.1, 0.15) is 23.1 Å². The number of nitrogens with zero attached hydrogens (tertiary/aromatic N) is 1. The number of fused-ring (bicyclic) bond motifs is 3. The van der Waals surface area contributed by atoms with Crippen molar-refractivity contribution in [1.82, 2.24) is 15.6 Å². The summed E-state index contributed by atoms with van der Waals surface area (Å²) in [6, 6.07) is 5.67. The fraction of sp³-hybridized carbons (Fsp3) is 0.533. The number of rotatable bonds is 16. The number of ether oxygens (including phenoxy) is 5. The Hall–Kier alpha value is -2.92. The first kappa shape index (κ1) is 34.9. The molecule has 0 saturated carbocycles. The molecule has 0 fully saturated rings. The number of benzene rings is 1. The van der Waals surface area contributed by atoms with Gasteiger partial charge in [-0.1, -0.05) is 11.8 Å². The van der Waals surface area contributed by atoms with Gasteiger partial charge in [0.15, 0.2) is 0 Å². The highest BCUT2D eigenvalue weighted by Crippen LogP contribution is 2.54. The largest absolute Gasteiger partial charge is 0.508 e.